The van der Waals surface area contributed by atoms with Crippen LogP contribution in [0, 0.1) is 13.8 Å². The molecule has 3 aromatic heterocycles. The molecule has 0 saturated heterocycles. The Morgan fingerprint density at radius 3 is 2.92 bits per heavy atom. The van der Waals surface area contributed by atoms with E-state index in [1.165, 1.54) is 27.3 Å². The second-order valence-electron chi connectivity index (χ2n) is 4.99. The van der Waals surface area contributed by atoms with Gasteiger partial charge in [0.05, 0.1) is 18.2 Å². The zero-order valence-electron chi connectivity index (χ0n) is 13.4. The maximum absolute atomic E-state index is 12.8. The molecule has 0 radical (unpaired) electrons. The summed E-state index contributed by atoms with van der Waals surface area (Å²) in [4.78, 5) is 31.1. The SMILES string of the molecule is CCOC(=O)c1sc2nc(C)n(N=Cc3cccs3)c(=O)c2c1C. The maximum Gasteiger partial charge on any atom is 0.348 e. The highest BCUT2D eigenvalue weighted by Gasteiger charge is 2.21. The number of aryl methyl sites for hydroxylation is 2. The number of rotatable bonds is 4. The van der Waals surface area contributed by atoms with Crippen molar-refractivity contribution in [2.75, 3.05) is 6.61 Å². The van der Waals surface area contributed by atoms with Crippen molar-refractivity contribution in [2.24, 2.45) is 5.10 Å². The van der Waals surface area contributed by atoms with Gasteiger partial charge in [-0.15, -0.1) is 22.7 Å². The smallest absolute Gasteiger partial charge is 0.348 e. The molecule has 8 heteroatoms. The van der Waals surface area contributed by atoms with Crippen LogP contribution in [-0.2, 0) is 4.74 Å². The Balaban J connectivity index is 2.14. The molecule has 3 rings (SSSR count). The second-order valence-corrected chi connectivity index (χ2v) is 6.97. The van der Waals surface area contributed by atoms with Gasteiger partial charge in [-0.1, -0.05) is 6.07 Å². The van der Waals surface area contributed by atoms with E-state index in [4.69, 9.17) is 4.74 Å². The molecule has 0 aliphatic carbocycles. The van der Waals surface area contributed by atoms with Crippen molar-refractivity contribution in [2.45, 2.75) is 20.8 Å². The minimum atomic E-state index is -0.427. The van der Waals surface area contributed by atoms with Gasteiger partial charge in [0.15, 0.2) is 0 Å². The van der Waals surface area contributed by atoms with E-state index in [1.54, 1.807) is 27.0 Å². The van der Waals surface area contributed by atoms with Gasteiger partial charge in [0.25, 0.3) is 5.56 Å². The summed E-state index contributed by atoms with van der Waals surface area (Å²) in [6, 6.07) is 3.83. The van der Waals surface area contributed by atoms with Gasteiger partial charge in [0.1, 0.15) is 15.5 Å². The van der Waals surface area contributed by atoms with Crippen LogP contribution < -0.4 is 5.56 Å². The summed E-state index contributed by atoms with van der Waals surface area (Å²) in [5.74, 6) is 0.0423. The average Bonchev–Trinajstić information content (AvgIpc) is 3.15. The number of esters is 1. The monoisotopic (exact) mass is 361 g/mol. The van der Waals surface area contributed by atoms with Crippen molar-refractivity contribution in [1.29, 1.82) is 0 Å². The summed E-state index contributed by atoms with van der Waals surface area (Å²) >= 11 is 2.71. The van der Waals surface area contributed by atoms with Crippen molar-refractivity contribution < 1.29 is 9.53 Å². The predicted molar refractivity (Wildman–Crippen MR) is 96.6 cm³/mol. The lowest BCUT2D eigenvalue weighted by Gasteiger charge is -2.03. The van der Waals surface area contributed by atoms with Gasteiger partial charge in [-0.2, -0.15) is 9.78 Å². The summed E-state index contributed by atoms with van der Waals surface area (Å²) in [5, 5.41) is 6.60. The third-order valence-corrected chi connectivity index (χ3v) is 5.38. The molecule has 0 saturated carbocycles. The van der Waals surface area contributed by atoms with Crippen molar-refractivity contribution in [3.63, 3.8) is 0 Å². The Hall–Kier alpha value is -2.32. The first kappa shape index (κ1) is 16.5. The summed E-state index contributed by atoms with van der Waals surface area (Å²) < 4.78 is 6.30. The topological polar surface area (TPSA) is 73.5 Å². The van der Waals surface area contributed by atoms with Gasteiger partial charge >= 0.3 is 5.97 Å². The highest BCUT2D eigenvalue weighted by molar-refractivity contribution is 7.20. The Bertz CT molecular complexity index is 984. The van der Waals surface area contributed by atoms with Gasteiger partial charge in [0.2, 0.25) is 0 Å². The van der Waals surface area contributed by atoms with Crippen LogP contribution in [0.15, 0.2) is 27.4 Å². The van der Waals surface area contributed by atoms with Gasteiger partial charge in [0, 0.05) is 4.88 Å². The van der Waals surface area contributed by atoms with Crippen LogP contribution in [0.5, 0.6) is 0 Å². The number of nitrogens with zero attached hydrogens (tertiary/aromatic N) is 3. The van der Waals surface area contributed by atoms with E-state index in [1.807, 2.05) is 17.5 Å². The third kappa shape index (κ3) is 2.90. The highest BCUT2D eigenvalue weighted by atomic mass is 32.1. The molecule has 0 aliphatic rings. The first-order valence-corrected chi connectivity index (χ1v) is 9.00. The fraction of sp³-hybridized carbons (Fsp3) is 0.250. The Morgan fingerprint density at radius 2 is 2.25 bits per heavy atom. The van der Waals surface area contributed by atoms with Crippen molar-refractivity contribution >= 4 is 45.1 Å². The number of hydrogen-bond acceptors (Lipinski definition) is 7. The van der Waals surface area contributed by atoms with Gasteiger partial charge < -0.3 is 4.74 Å². The fourth-order valence-electron chi connectivity index (χ4n) is 2.28. The first-order chi connectivity index (χ1) is 11.5. The van der Waals surface area contributed by atoms with E-state index in [9.17, 15) is 9.59 Å². The summed E-state index contributed by atoms with van der Waals surface area (Å²) in [6.45, 7) is 5.48. The molecule has 24 heavy (non-hydrogen) atoms. The molecule has 3 heterocycles. The molecule has 0 amide bonds. The van der Waals surface area contributed by atoms with Gasteiger partial charge in [-0.3, -0.25) is 4.79 Å². The molecule has 0 unspecified atom stereocenters. The van der Waals surface area contributed by atoms with Crippen molar-refractivity contribution in [1.82, 2.24) is 9.66 Å². The molecule has 0 aromatic carbocycles. The quantitative estimate of drug-likeness (QED) is 0.528. The van der Waals surface area contributed by atoms with Crippen molar-refractivity contribution in [3.8, 4) is 0 Å². The molecule has 0 atom stereocenters. The number of fused-ring (bicyclic) bond motifs is 1. The predicted octanol–water partition coefficient (Wildman–Crippen LogP) is 3.20. The summed E-state index contributed by atoms with van der Waals surface area (Å²) in [7, 11) is 0. The summed E-state index contributed by atoms with van der Waals surface area (Å²) in [5.41, 5.74) is 0.306. The number of hydrogen-bond donors (Lipinski definition) is 0. The Labute approximate surface area is 146 Å². The minimum absolute atomic E-state index is 0.283. The van der Waals surface area contributed by atoms with Crippen LogP contribution in [0.2, 0.25) is 0 Å². The molecule has 6 nitrogen and oxygen atoms in total. The molecule has 0 bridgehead atoms. The van der Waals surface area contributed by atoms with Gasteiger partial charge in [-0.25, -0.2) is 9.78 Å². The second kappa shape index (κ2) is 6.66. The zero-order chi connectivity index (χ0) is 17.3. The molecular formula is C16H15N3O3S2. The molecule has 0 fully saturated rings. The van der Waals surface area contributed by atoms with E-state index in [0.29, 0.717) is 26.5 Å². The number of ether oxygens (including phenoxy) is 1. The summed E-state index contributed by atoms with van der Waals surface area (Å²) in [6.07, 6.45) is 1.63. The number of aromatic nitrogens is 2. The molecular weight excluding hydrogens is 346 g/mol. The Morgan fingerprint density at radius 1 is 1.46 bits per heavy atom. The number of carbonyl (C=O) groups excluding carboxylic acids is 1. The van der Waals surface area contributed by atoms with Crippen LogP contribution >= 0.6 is 22.7 Å². The molecule has 3 aromatic rings. The van der Waals surface area contributed by atoms with E-state index in [0.717, 1.165) is 4.88 Å². The highest BCUT2D eigenvalue weighted by Crippen LogP contribution is 2.28. The van der Waals surface area contributed by atoms with Crippen LogP contribution in [0.3, 0.4) is 0 Å². The lowest BCUT2D eigenvalue weighted by atomic mass is 10.2. The lowest BCUT2D eigenvalue weighted by Crippen LogP contribution is -2.20. The van der Waals surface area contributed by atoms with Crippen LogP contribution in [0.1, 0.15) is 32.9 Å². The molecule has 0 N–H and O–H groups in total. The zero-order valence-corrected chi connectivity index (χ0v) is 15.0. The van der Waals surface area contributed by atoms with E-state index < -0.39 is 5.97 Å². The lowest BCUT2D eigenvalue weighted by molar-refractivity contribution is 0.0531. The molecule has 0 aliphatic heterocycles. The normalized spacial score (nSPS) is 11.5. The van der Waals surface area contributed by atoms with E-state index in [-0.39, 0.29) is 12.2 Å². The van der Waals surface area contributed by atoms with Gasteiger partial charge in [-0.05, 0) is 37.8 Å². The fourth-order valence-corrected chi connectivity index (χ4v) is 3.97. The number of thiophene rings is 2. The first-order valence-electron chi connectivity index (χ1n) is 7.30. The molecule has 124 valence electrons. The largest absolute Gasteiger partial charge is 0.462 e. The number of carbonyl (C=O) groups is 1. The standard InChI is InChI=1S/C16H15N3O3S2/c1-4-22-16(21)13-9(2)12-14(24-13)18-10(3)19(15(12)20)17-8-11-6-5-7-23-11/h5-8H,4H2,1-3H3. The van der Waals surface area contributed by atoms with Crippen LogP contribution in [-0.4, -0.2) is 28.5 Å². The van der Waals surface area contributed by atoms with Crippen LogP contribution in [0.4, 0.5) is 0 Å². The van der Waals surface area contributed by atoms with E-state index >= 15 is 0 Å². The van der Waals surface area contributed by atoms with E-state index in [2.05, 4.69) is 10.1 Å². The van der Waals surface area contributed by atoms with Crippen molar-refractivity contribution in [3.05, 3.63) is 49.0 Å². The minimum Gasteiger partial charge on any atom is -0.462 e. The molecule has 0 spiro atoms. The van der Waals surface area contributed by atoms with Crippen LogP contribution in [0.25, 0.3) is 10.2 Å². The Kier molecular flexibility index (Phi) is 4.59. The third-order valence-electron chi connectivity index (χ3n) is 3.41. The maximum atomic E-state index is 12.8. The average molecular weight is 361 g/mol.